The minimum atomic E-state index is 0.137. The quantitative estimate of drug-likeness (QED) is 0.744. The summed E-state index contributed by atoms with van der Waals surface area (Å²) in [6.07, 6.45) is 2.02. The number of rotatable bonds is 6. The Balaban J connectivity index is 1.30. The number of amides is 1. The molecule has 4 rings (SSSR count). The molecule has 0 radical (unpaired) electrons. The van der Waals surface area contributed by atoms with E-state index in [2.05, 4.69) is 34.3 Å². The molecule has 7 nitrogen and oxygen atoms in total. The fourth-order valence-corrected chi connectivity index (χ4v) is 4.10. The molecule has 0 saturated carbocycles. The molecular formula is C22H30N4O3. The maximum Gasteiger partial charge on any atom is 0.223 e. The Bertz CT molecular complexity index is 840. The molecule has 0 N–H and O–H groups in total. The Morgan fingerprint density at radius 1 is 1.14 bits per heavy atom. The topological polar surface area (TPSA) is 59.8 Å². The first-order valence-electron chi connectivity index (χ1n) is 10.4. The second-order valence-corrected chi connectivity index (χ2v) is 7.81. The van der Waals surface area contributed by atoms with Crippen molar-refractivity contribution in [1.82, 2.24) is 14.7 Å². The average molecular weight is 399 g/mol. The lowest BCUT2D eigenvalue weighted by Gasteiger charge is -2.29. The van der Waals surface area contributed by atoms with Crippen molar-refractivity contribution in [3.63, 3.8) is 0 Å². The standard InChI is InChI=1S/C22H30N4O3/c1-24(15-17-3-5-18(6-4-17)26-10-13-28-14-11-26)22(27)8-7-20-19-16-29-12-9-21(19)25(2)23-20/h3-6H,7-16H2,1-2H3. The molecule has 156 valence electrons. The monoisotopic (exact) mass is 398 g/mol. The van der Waals surface area contributed by atoms with Crippen LogP contribution in [-0.4, -0.2) is 60.5 Å². The number of nitrogens with zero attached hydrogens (tertiary/aromatic N) is 4. The summed E-state index contributed by atoms with van der Waals surface area (Å²) in [6.45, 7) is 5.40. The second kappa shape index (κ2) is 8.97. The first kappa shape index (κ1) is 19.9. The molecule has 29 heavy (non-hydrogen) atoms. The Hall–Kier alpha value is -2.38. The minimum absolute atomic E-state index is 0.137. The van der Waals surface area contributed by atoms with Gasteiger partial charge in [-0.15, -0.1) is 0 Å². The lowest BCUT2D eigenvalue weighted by Crippen LogP contribution is -2.36. The molecule has 3 heterocycles. The fourth-order valence-electron chi connectivity index (χ4n) is 4.10. The number of aryl methyl sites for hydroxylation is 2. The smallest absolute Gasteiger partial charge is 0.223 e. The fraction of sp³-hybridized carbons (Fsp3) is 0.545. The van der Waals surface area contributed by atoms with E-state index in [4.69, 9.17) is 9.47 Å². The van der Waals surface area contributed by atoms with Crippen LogP contribution in [0, 0.1) is 0 Å². The van der Waals surface area contributed by atoms with Crippen LogP contribution >= 0.6 is 0 Å². The summed E-state index contributed by atoms with van der Waals surface area (Å²) in [5.74, 6) is 0.137. The molecule has 7 heteroatoms. The van der Waals surface area contributed by atoms with Gasteiger partial charge in [0.05, 0.1) is 32.1 Å². The number of aromatic nitrogens is 2. The highest BCUT2D eigenvalue weighted by Gasteiger charge is 2.21. The number of fused-ring (bicyclic) bond motifs is 1. The van der Waals surface area contributed by atoms with Crippen LogP contribution in [0.2, 0.25) is 0 Å². The van der Waals surface area contributed by atoms with Gasteiger partial charge in [-0.3, -0.25) is 9.48 Å². The van der Waals surface area contributed by atoms with Crippen molar-refractivity contribution in [2.75, 3.05) is 44.9 Å². The zero-order valence-corrected chi connectivity index (χ0v) is 17.4. The molecule has 0 atom stereocenters. The number of carbonyl (C=O) groups excluding carboxylic acids is 1. The second-order valence-electron chi connectivity index (χ2n) is 7.81. The number of carbonyl (C=O) groups is 1. The van der Waals surface area contributed by atoms with Gasteiger partial charge in [0.15, 0.2) is 0 Å². The van der Waals surface area contributed by atoms with Gasteiger partial charge in [-0.05, 0) is 17.7 Å². The van der Waals surface area contributed by atoms with E-state index in [0.29, 0.717) is 26.0 Å². The summed E-state index contributed by atoms with van der Waals surface area (Å²) in [5, 5.41) is 4.61. The van der Waals surface area contributed by atoms with Gasteiger partial charge >= 0.3 is 0 Å². The van der Waals surface area contributed by atoms with E-state index in [-0.39, 0.29) is 5.91 Å². The minimum Gasteiger partial charge on any atom is -0.378 e. The summed E-state index contributed by atoms with van der Waals surface area (Å²) in [4.78, 5) is 16.8. The first-order valence-corrected chi connectivity index (χ1v) is 10.4. The predicted molar refractivity (Wildman–Crippen MR) is 111 cm³/mol. The number of anilines is 1. The van der Waals surface area contributed by atoms with E-state index in [0.717, 1.165) is 50.6 Å². The Kier molecular flexibility index (Phi) is 6.16. The van der Waals surface area contributed by atoms with Crippen LogP contribution in [-0.2, 0) is 47.3 Å². The van der Waals surface area contributed by atoms with E-state index in [1.165, 1.54) is 16.9 Å². The average Bonchev–Trinajstić information content (AvgIpc) is 3.09. The van der Waals surface area contributed by atoms with Crippen LogP contribution in [0.1, 0.15) is 28.9 Å². The van der Waals surface area contributed by atoms with Crippen molar-refractivity contribution in [1.29, 1.82) is 0 Å². The third-order valence-electron chi connectivity index (χ3n) is 5.82. The van der Waals surface area contributed by atoms with Gasteiger partial charge in [0.2, 0.25) is 5.91 Å². The van der Waals surface area contributed by atoms with Crippen LogP contribution in [0.3, 0.4) is 0 Å². The van der Waals surface area contributed by atoms with Crippen molar-refractivity contribution in [2.45, 2.75) is 32.4 Å². The van der Waals surface area contributed by atoms with Crippen LogP contribution in [0.15, 0.2) is 24.3 Å². The Morgan fingerprint density at radius 3 is 2.66 bits per heavy atom. The molecule has 1 aromatic heterocycles. The number of morpholine rings is 1. The maximum atomic E-state index is 12.6. The number of hydrogen-bond acceptors (Lipinski definition) is 5. The molecule has 2 aromatic rings. The normalized spacial score (nSPS) is 16.6. The van der Waals surface area contributed by atoms with E-state index in [1.54, 1.807) is 4.90 Å². The Morgan fingerprint density at radius 2 is 1.90 bits per heavy atom. The molecule has 1 amide bonds. The number of benzene rings is 1. The highest BCUT2D eigenvalue weighted by Crippen LogP contribution is 2.22. The van der Waals surface area contributed by atoms with Gasteiger partial charge < -0.3 is 19.3 Å². The van der Waals surface area contributed by atoms with Crippen molar-refractivity contribution in [2.24, 2.45) is 7.05 Å². The summed E-state index contributed by atoms with van der Waals surface area (Å²) >= 11 is 0. The van der Waals surface area contributed by atoms with Crippen molar-refractivity contribution in [3.8, 4) is 0 Å². The highest BCUT2D eigenvalue weighted by atomic mass is 16.5. The molecule has 0 bridgehead atoms. The number of hydrogen-bond donors (Lipinski definition) is 0. The van der Waals surface area contributed by atoms with Gasteiger partial charge in [-0.1, -0.05) is 12.1 Å². The number of ether oxygens (including phenoxy) is 2. The van der Waals surface area contributed by atoms with Gasteiger partial charge in [-0.2, -0.15) is 5.10 Å². The molecule has 2 aliphatic rings. The molecular weight excluding hydrogens is 368 g/mol. The lowest BCUT2D eigenvalue weighted by atomic mass is 10.1. The van der Waals surface area contributed by atoms with E-state index in [9.17, 15) is 4.79 Å². The van der Waals surface area contributed by atoms with Crippen LogP contribution in [0.25, 0.3) is 0 Å². The maximum absolute atomic E-state index is 12.6. The first-order chi connectivity index (χ1) is 14.1. The highest BCUT2D eigenvalue weighted by molar-refractivity contribution is 5.76. The van der Waals surface area contributed by atoms with Gasteiger partial charge in [0, 0.05) is 69.9 Å². The predicted octanol–water partition coefficient (Wildman–Crippen LogP) is 1.92. The van der Waals surface area contributed by atoms with E-state index in [1.807, 2.05) is 18.8 Å². The molecule has 0 spiro atoms. The molecule has 1 saturated heterocycles. The van der Waals surface area contributed by atoms with E-state index < -0.39 is 0 Å². The summed E-state index contributed by atoms with van der Waals surface area (Å²) in [7, 11) is 3.84. The van der Waals surface area contributed by atoms with Crippen molar-refractivity contribution in [3.05, 3.63) is 46.8 Å². The third-order valence-corrected chi connectivity index (χ3v) is 5.82. The third kappa shape index (κ3) is 4.62. The summed E-state index contributed by atoms with van der Waals surface area (Å²) < 4.78 is 12.9. The molecule has 1 aromatic carbocycles. The SMILES string of the molecule is CN(Cc1ccc(N2CCOCC2)cc1)C(=O)CCc1nn(C)c2c1COCC2. The zero-order chi connectivity index (χ0) is 20.2. The lowest BCUT2D eigenvalue weighted by molar-refractivity contribution is -0.130. The van der Waals surface area contributed by atoms with Crippen molar-refractivity contribution < 1.29 is 14.3 Å². The Labute approximate surface area is 172 Å². The zero-order valence-electron chi connectivity index (χ0n) is 17.4. The molecule has 0 aliphatic carbocycles. The van der Waals surface area contributed by atoms with Crippen LogP contribution in [0.4, 0.5) is 5.69 Å². The van der Waals surface area contributed by atoms with Gasteiger partial charge in [0.25, 0.3) is 0 Å². The largest absolute Gasteiger partial charge is 0.378 e. The van der Waals surface area contributed by atoms with Crippen LogP contribution < -0.4 is 4.90 Å². The van der Waals surface area contributed by atoms with E-state index >= 15 is 0 Å². The van der Waals surface area contributed by atoms with Crippen molar-refractivity contribution >= 4 is 11.6 Å². The molecule has 1 fully saturated rings. The molecule has 2 aliphatic heterocycles. The van der Waals surface area contributed by atoms with Gasteiger partial charge in [-0.25, -0.2) is 0 Å². The van der Waals surface area contributed by atoms with Gasteiger partial charge in [0.1, 0.15) is 0 Å². The van der Waals surface area contributed by atoms with Crippen LogP contribution in [0.5, 0.6) is 0 Å². The molecule has 0 unspecified atom stereocenters. The summed E-state index contributed by atoms with van der Waals surface area (Å²) in [5.41, 5.74) is 5.77. The summed E-state index contributed by atoms with van der Waals surface area (Å²) in [6, 6.07) is 8.50.